The lowest BCUT2D eigenvalue weighted by Crippen LogP contribution is -2.46. The Morgan fingerprint density at radius 3 is 2.29 bits per heavy atom. The highest BCUT2D eigenvalue weighted by atomic mass is 19.3. The molecule has 0 unspecified atom stereocenters. The summed E-state index contributed by atoms with van der Waals surface area (Å²) >= 11 is 0. The summed E-state index contributed by atoms with van der Waals surface area (Å²) < 4.78 is 48.8. The summed E-state index contributed by atoms with van der Waals surface area (Å²) in [6.45, 7) is -0.723. The Kier molecular flexibility index (Phi) is 5.19. The minimum atomic E-state index is -3.95. The van der Waals surface area contributed by atoms with Crippen molar-refractivity contribution in [3.05, 3.63) is 0 Å². The first-order valence-electron chi connectivity index (χ1n) is 6.01. The maximum atomic E-state index is 12.6. The lowest BCUT2D eigenvalue weighted by Gasteiger charge is -2.33. The summed E-state index contributed by atoms with van der Waals surface area (Å²) in [5.74, 6) is -3.95. The van der Waals surface area contributed by atoms with E-state index in [-0.39, 0.29) is 12.1 Å². The Balaban J connectivity index is 2.19. The van der Waals surface area contributed by atoms with Crippen LogP contribution in [-0.2, 0) is 0 Å². The molecular formula is C11H20F4N2. The van der Waals surface area contributed by atoms with Crippen molar-refractivity contribution in [3.63, 3.8) is 0 Å². The highest BCUT2D eigenvalue weighted by Crippen LogP contribution is 2.28. The van der Waals surface area contributed by atoms with E-state index in [1.165, 1.54) is 0 Å². The molecule has 17 heavy (non-hydrogen) atoms. The molecule has 0 aromatic rings. The normalized spacial score (nSPS) is 20.8. The van der Waals surface area contributed by atoms with Gasteiger partial charge in [0.05, 0.1) is 6.54 Å². The minimum Gasteiger partial charge on any atom is -0.325 e. The first-order valence-corrected chi connectivity index (χ1v) is 6.01. The standard InChI is InChI=1S/C11H20F4N2/c12-9(13)11(14,15)8-17-7-6-10(16)4-2-1-3-5-10/h9,17H,1-8,16H2. The summed E-state index contributed by atoms with van der Waals surface area (Å²) in [6.07, 6.45) is 2.01. The summed E-state index contributed by atoms with van der Waals surface area (Å²) in [5.41, 5.74) is 5.79. The van der Waals surface area contributed by atoms with Gasteiger partial charge in [-0.2, -0.15) is 8.78 Å². The molecule has 6 heteroatoms. The molecule has 0 amide bonds. The zero-order valence-corrected chi connectivity index (χ0v) is 9.82. The number of hydrogen-bond acceptors (Lipinski definition) is 2. The third-order valence-corrected chi connectivity index (χ3v) is 3.33. The van der Waals surface area contributed by atoms with E-state index < -0.39 is 18.9 Å². The van der Waals surface area contributed by atoms with Crippen molar-refractivity contribution in [2.75, 3.05) is 13.1 Å². The van der Waals surface area contributed by atoms with E-state index in [1.807, 2.05) is 0 Å². The van der Waals surface area contributed by atoms with Crippen molar-refractivity contribution in [2.45, 2.75) is 56.4 Å². The SMILES string of the molecule is NC1(CCNCC(F)(F)C(F)F)CCCCC1. The molecule has 1 rings (SSSR count). The van der Waals surface area contributed by atoms with Gasteiger partial charge in [0.25, 0.3) is 0 Å². The van der Waals surface area contributed by atoms with Gasteiger partial charge < -0.3 is 11.1 Å². The minimum absolute atomic E-state index is 0.263. The summed E-state index contributed by atoms with van der Waals surface area (Å²) in [5, 5.41) is 2.37. The zero-order valence-electron chi connectivity index (χ0n) is 9.82. The molecule has 0 saturated heterocycles. The Hall–Kier alpha value is -0.360. The lowest BCUT2D eigenvalue weighted by molar-refractivity contribution is -0.125. The zero-order chi connectivity index (χ0) is 12.9. The van der Waals surface area contributed by atoms with Crippen LogP contribution in [0.1, 0.15) is 38.5 Å². The molecule has 1 fully saturated rings. The molecule has 1 aliphatic rings. The van der Waals surface area contributed by atoms with Gasteiger partial charge >= 0.3 is 12.3 Å². The Bertz CT molecular complexity index is 228. The lowest BCUT2D eigenvalue weighted by atomic mass is 9.80. The van der Waals surface area contributed by atoms with Gasteiger partial charge in [0.15, 0.2) is 0 Å². The van der Waals surface area contributed by atoms with E-state index >= 15 is 0 Å². The van der Waals surface area contributed by atoms with E-state index in [1.54, 1.807) is 0 Å². The van der Waals surface area contributed by atoms with Crippen LogP contribution >= 0.6 is 0 Å². The molecule has 2 nitrogen and oxygen atoms in total. The fourth-order valence-electron chi connectivity index (χ4n) is 2.18. The summed E-state index contributed by atoms with van der Waals surface area (Å²) in [6, 6.07) is 0. The number of nitrogens with one attached hydrogen (secondary N) is 1. The van der Waals surface area contributed by atoms with E-state index in [4.69, 9.17) is 5.73 Å². The third-order valence-electron chi connectivity index (χ3n) is 3.33. The molecule has 1 aliphatic carbocycles. The second kappa shape index (κ2) is 6.00. The van der Waals surface area contributed by atoms with Gasteiger partial charge in [0, 0.05) is 5.54 Å². The van der Waals surface area contributed by atoms with Crippen LogP contribution in [0.15, 0.2) is 0 Å². The first kappa shape index (κ1) is 14.7. The largest absolute Gasteiger partial charge is 0.325 e. The van der Waals surface area contributed by atoms with E-state index in [0.29, 0.717) is 6.42 Å². The maximum Gasteiger partial charge on any atom is 0.319 e. The van der Waals surface area contributed by atoms with Crippen molar-refractivity contribution in [1.82, 2.24) is 5.32 Å². The second-order valence-electron chi connectivity index (χ2n) is 4.91. The van der Waals surface area contributed by atoms with Crippen LogP contribution in [-0.4, -0.2) is 31.0 Å². The predicted octanol–water partition coefficient (Wildman–Crippen LogP) is 2.53. The molecule has 0 atom stereocenters. The third kappa shape index (κ3) is 4.79. The molecule has 0 bridgehead atoms. The van der Waals surface area contributed by atoms with Crippen molar-refractivity contribution < 1.29 is 17.6 Å². The van der Waals surface area contributed by atoms with Crippen LogP contribution in [0.5, 0.6) is 0 Å². The highest BCUT2D eigenvalue weighted by molar-refractivity contribution is 4.88. The van der Waals surface area contributed by atoms with Crippen LogP contribution in [0.3, 0.4) is 0 Å². The summed E-state index contributed by atoms with van der Waals surface area (Å²) in [7, 11) is 0. The molecule has 0 aromatic carbocycles. The van der Waals surface area contributed by atoms with Crippen LogP contribution in [0.2, 0.25) is 0 Å². The fourth-order valence-corrected chi connectivity index (χ4v) is 2.18. The fraction of sp³-hybridized carbons (Fsp3) is 1.00. The molecule has 0 spiro atoms. The molecule has 0 radical (unpaired) electrons. The molecule has 0 aliphatic heterocycles. The number of nitrogens with two attached hydrogens (primary N) is 1. The number of rotatable bonds is 6. The van der Waals surface area contributed by atoms with Gasteiger partial charge in [-0.1, -0.05) is 19.3 Å². The van der Waals surface area contributed by atoms with Gasteiger partial charge in [-0.25, -0.2) is 8.78 Å². The van der Waals surface area contributed by atoms with Gasteiger partial charge in [0.1, 0.15) is 0 Å². The molecule has 102 valence electrons. The van der Waals surface area contributed by atoms with E-state index in [0.717, 1.165) is 32.1 Å². The van der Waals surface area contributed by atoms with Gasteiger partial charge in [0.2, 0.25) is 0 Å². The van der Waals surface area contributed by atoms with Gasteiger partial charge in [-0.15, -0.1) is 0 Å². The molecule has 0 heterocycles. The van der Waals surface area contributed by atoms with Gasteiger partial charge in [-0.05, 0) is 25.8 Å². The predicted molar refractivity (Wildman–Crippen MR) is 58.4 cm³/mol. The quantitative estimate of drug-likeness (QED) is 0.566. The Morgan fingerprint density at radius 1 is 1.18 bits per heavy atom. The van der Waals surface area contributed by atoms with E-state index in [2.05, 4.69) is 5.32 Å². The van der Waals surface area contributed by atoms with Crippen molar-refractivity contribution in [2.24, 2.45) is 5.73 Å². The van der Waals surface area contributed by atoms with E-state index in [9.17, 15) is 17.6 Å². The van der Waals surface area contributed by atoms with Gasteiger partial charge in [-0.3, -0.25) is 0 Å². The average molecular weight is 256 g/mol. The molecular weight excluding hydrogens is 236 g/mol. The molecule has 0 aromatic heterocycles. The average Bonchev–Trinajstić information content (AvgIpc) is 2.25. The number of hydrogen-bond donors (Lipinski definition) is 2. The molecule has 1 saturated carbocycles. The van der Waals surface area contributed by atoms with Crippen LogP contribution in [0.4, 0.5) is 17.6 Å². The summed E-state index contributed by atoms with van der Waals surface area (Å²) in [4.78, 5) is 0. The number of halogens is 4. The second-order valence-corrected chi connectivity index (χ2v) is 4.91. The van der Waals surface area contributed by atoms with Crippen LogP contribution < -0.4 is 11.1 Å². The molecule has 3 N–H and O–H groups in total. The maximum absolute atomic E-state index is 12.6. The smallest absolute Gasteiger partial charge is 0.319 e. The Morgan fingerprint density at radius 2 is 1.76 bits per heavy atom. The van der Waals surface area contributed by atoms with Crippen LogP contribution in [0.25, 0.3) is 0 Å². The van der Waals surface area contributed by atoms with Crippen molar-refractivity contribution in [1.29, 1.82) is 0 Å². The van der Waals surface area contributed by atoms with Crippen molar-refractivity contribution >= 4 is 0 Å². The van der Waals surface area contributed by atoms with Crippen LogP contribution in [0, 0.1) is 0 Å². The highest BCUT2D eigenvalue weighted by Gasteiger charge is 2.40. The first-order chi connectivity index (χ1) is 7.86. The van der Waals surface area contributed by atoms with Crippen molar-refractivity contribution in [3.8, 4) is 0 Å². The number of alkyl halides is 4. The topological polar surface area (TPSA) is 38.0 Å². The monoisotopic (exact) mass is 256 g/mol. The Labute approximate surface area is 98.9 Å².